The lowest BCUT2D eigenvalue weighted by atomic mass is 10.1. The first kappa shape index (κ1) is 11.3. The van der Waals surface area contributed by atoms with Gasteiger partial charge in [0.05, 0.1) is 5.75 Å². The van der Waals surface area contributed by atoms with Crippen LogP contribution in [-0.4, -0.2) is 17.3 Å². The van der Waals surface area contributed by atoms with Crippen molar-refractivity contribution in [2.45, 2.75) is 20.8 Å². The Kier molecular flexibility index (Phi) is 4.21. The maximum absolute atomic E-state index is 11.7. The highest BCUT2D eigenvalue weighted by atomic mass is 32.2. The first-order chi connectivity index (χ1) is 6.63. The molecule has 1 aromatic rings. The highest BCUT2D eigenvalue weighted by molar-refractivity contribution is 7.99. The van der Waals surface area contributed by atoms with Crippen LogP contribution in [0.25, 0.3) is 0 Å². The number of Topliss-reactive ketones (excluding diaryl/α,β-unsaturated/α-hetero) is 1. The Morgan fingerprint density at radius 1 is 1.21 bits per heavy atom. The number of hydrogen-bond donors (Lipinski definition) is 0. The Bertz CT molecular complexity index is 311. The van der Waals surface area contributed by atoms with Crippen LogP contribution >= 0.6 is 11.8 Å². The maximum Gasteiger partial charge on any atom is 0.172 e. The van der Waals surface area contributed by atoms with Crippen LogP contribution < -0.4 is 0 Å². The van der Waals surface area contributed by atoms with Crippen LogP contribution in [0.2, 0.25) is 0 Å². The predicted octanol–water partition coefficient (Wildman–Crippen LogP) is 3.24. The summed E-state index contributed by atoms with van der Waals surface area (Å²) in [5.74, 6) is 1.83. The molecule has 0 amide bonds. The number of ketones is 1. The van der Waals surface area contributed by atoms with Crippen molar-refractivity contribution in [2.75, 3.05) is 11.5 Å². The molecule has 2 heteroatoms. The molecule has 0 aliphatic rings. The SMILES string of the molecule is CCSCC(=O)c1cc(C)cc(C)c1. The summed E-state index contributed by atoms with van der Waals surface area (Å²) in [5, 5.41) is 0. The minimum Gasteiger partial charge on any atom is -0.293 e. The molecule has 0 bridgehead atoms. The van der Waals surface area contributed by atoms with Gasteiger partial charge in [0.1, 0.15) is 0 Å². The molecule has 14 heavy (non-hydrogen) atoms. The van der Waals surface area contributed by atoms with Crippen molar-refractivity contribution in [2.24, 2.45) is 0 Å². The molecule has 1 rings (SSSR count). The van der Waals surface area contributed by atoms with E-state index < -0.39 is 0 Å². The zero-order valence-corrected chi connectivity index (χ0v) is 9.78. The molecule has 1 aromatic carbocycles. The fourth-order valence-corrected chi connectivity index (χ4v) is 1.97. The lowest BCUT2D eigenvalue weighted by Gasteiger charge is -2.03. The van der Waals surface area contributed by atoms with Crippen molar-refractivity contribution in [1.29, 1.82) is 0 Å². The molecule has 0 aliphatic heterocycles. The van der Waals surface area contributed by atoms with E-state index in [1.807, 2.05) is 26.0 Å². The molecule has 76 valence electrons. The van der Waals surface area contributed by atoms with E-state index in [1.165, 1.54) is 0 Å². The van der Waals surface area contributed by atoms with Crippen molar-refractivity contribution in [3.05, 3.63) is 34.9 Å². The second-order valence-electron chi connectivity index (χ2n) is 3.44. The van der Waals surface area contributed by atoms with Crippen LogP contribution in [0.3, 0.4) is 0 Å². The monoisotopic (exact) mass is 208 g/mol. The highest BCUT2D eigenvalue weighted by Crippen LogP contribution is 2.12. The van der Waals surface area contributed by atoms with Gasteiger partial charge < -0.3 is 0 Å². The molecule has 0 aliphatic carbocycles. The van der Waals surface area contributed by atoms with Crippen LogP contribution in [0.4, 0.5) is 0 Å². The Labute approximate surface area is 89.9 Å². The Morgan fingerprint density at radius 3 is 2.29 bits per heavy atom. The maximum atomic E-state index is 11.7. The molecular formula is C12H16OS. The van der Waals surface area contributed by atoms with Gasteiger partial charge in [0.2, 0.25) is 0 Å². The van der Waals surface area contributed by atoms with E-state index in [-0.39, 0.29) is 5.78 Å². The van der Waals surface area contributed by atoms with Crippen molar-refractivity contribution in [3.8, 4) is 0 Å². The van der Waals surface area contributed by atoms with Crippen molar-refractivity contribution in [3.63, 3.8) is 0 Å². The Balaban J connectivity index is 2.79. The third-order valence-electron chi connectivity index (χ3n) is 1.98. The van der Waals surface area contributed by atoms with Crippen LogP contribution in [0, 0.1) is 13.8 Å². The van der Waals surface area contributed by atoms with Crippen molar-refractivity contribution < 1.29 is 4.79 Å². The fourth-order valence-electron chi connectivity index (χ4n) is 1.41. The summed E-state index contributed by atoms with van der Waals surface area (Å²) in [7, 11) is 0. The number of carbonyl (C=O) groups is 1. The molecule has 0 radical (unpaired) electrons. The van der Waals surface area contributed by atoms with Gasteiger partial charge in [-0.3, -0.25) is 4.79 Å². The molecule has 0 saturated heterocycles. The minimum atomic E-state index is 0.239. The van der Waals surface area contributed by atoms with Crippen LogP contribution in [0.5, 0.6) is 0 Å². The number of hydrogen-bond acceptors (Lipinski definition) is 2. The minimum absolute atomic E-state index is 0.239. The van der Waals surface area contributed by atoms with E-state index in [0.717, 1.165) is 22.4 Å². The summed E-state index contributed by atoms with van der Waals surface area (Å²) in [6.07, 6.45) is 0. The van der Waals surface area contributed by atoms with Crippen molar-refractivity contribution in [1.82, 2.24) is 0 Å². The normalized spacial score (nSPS) is 10.2. The number of thioether (sulfide) groups is 1. The largest absolute Gasteiger partial charge is 0.293 e. The van der Waals surface area contributed by atoms with Gasteiger partial charge in [0.15, 0.2) is 5.78 Å². The first-order valence-corrected chi connectivity index (χ1v) is 5.98. The van der Waals surface area contributed by atoms with Crippen LogP contribution in [0.1, 0.15) is 28.4 Å². The summed E-state index contributed by atoms with van der Waals surface area (Å²) in [5.41, 5.74) is 3.17. The molecule has 0 aromatic heterocycles. The van der Waals surface area contributed by atoms with E-state index in [1.54, 1.807) is 11.8 Å². The number of benzene rings is 1. The lowest BCUT2D eigenvalue weighted by molar-refractivity contribution is 0.102. The van der Waals surface area contributed by atoms with E-state index in [2.05, 4.69) is 13.0 Å². The first-order valence-electron chi connectivity index (χ1n) is 4.82. The third kappa shape index (κ3) is 3.18. The average molecular weight is 208 g/mol. The van der Waals surface area contributed by atoms with Gasteiger partial charge in [-0.25, -0.2) is 0 Å². The van der Waals surface area contributed by atoms with E-state index in [0.29, 0.717) is 5.75 Å². The third-order valence-corrected chi connectivity index (χ3v) is 2.86. The summed E-state index contributed by atoms with van der Waals surface area (Å²) in [4.78, 5) is 11.7. The van der Waals surface area contributed by atoms with Crippen molar-refractivity contribution >= 4 is 17.5 Å². The molecule has 0 atom stereocenters. The second kappa shape index (κ2) is 5.20. The second-order valence-corrected chi connectivity index (χ2v) is 4.71. The Hall–Kier alpha value is -0.760. The molecule has 0 saturated carbocycles. The molecule has 1 nitrogen and oxygen atoms in total. The van der Waals surface area contributed by atoms with Gasteiger partial charge in [-0.15, -0.1) is 0 Å². The molecule has 0 fully saturated rings. The van der Waals surface area contributed by atoms with Gasteiger partial charge >= 0.3 is 0 Å². The van der Waals surface area contributed by atoms with Gasteiger partial charge in [-0.05, 0) is 31.7 Å². The molecule has 0 heterocycles. The van der Waals surface area contributed by atoms with Gasteiger partial charge in [0, 0.05) is 5.56 Å². The zero-order valence-electron chi connectivity index (χ0n) is 8.96. The van der Waals surface area contributed by atoms with Gasteiger partial charge in [-0.2, -0.15) is 11.8 Å². The molecular weight excluding hydrogens is 192 g/mol. The summed E-state index contributed by atoms with van der Waals surface area (Å²) < 4.78 is 0. The van der Waals surface area contributed by atoms with E-state index >= 15 is 0 Å². The average Bonchev–Trinajstić information content (AvgIpc) is 2.12. The van der Waals surface area contributed by atoms with Crippen LogP contribution in [0.15, 0.2) is 18.2 Å². The number of carbonyl (C=O) groups excluding carboxylic acids is 1. The quantitative estimate of drug-likeness (QED) is 0.707. The fraction of sp³-hybridized carbons (Fsp3) is 0.417. The number of aryl methyl sites for hydroxylation is 2. The summed E-state index contributed by atoms with van der Waals surface area (Å²) in [6.45, 7) is 6.12. The molecule has 0 N–H and O–H groups in total. The topological polar surface area (TPSA) is 17.1 Å². The summed E-state index contributed by atoms with van der Waals surface area (Å²) >= 11 is 1.67. The van der Waals surface area contributed by atoms with Crippen LogP contribution in [-0.2, 0) is 0 Å². The van der Waals surface area contributed by atoms with E-state index in [9.17, 15) is 4.79 Å². The molecule has 0 spiro atoms. The van der Waals surface area contributed by atoms with Gasteiger partial charge in [-0.1, -0.05) is 24.1 Å². The standard InChI is InChI=1S/C12H16OS/c1-4-14-8-12(13)11-6-9(2)5-10(3)7-11/h5-7H,4,8H2,1-3H3. The predicted molar refractivity (Wildman–Crippen MR) is 63.2 cm³/mol. The van der Waals surface area contributed by atoms with Gasteiger partial charge in [0.25, 0.3) is 0 Å². The zero-order chi connectivity index (χ0) is 10.6. The smallest absolute Gasteiger partial charge is 0.172 e. The highest BCUT2D eigenvalue weighted by Gasteiger charge is 2.05. The molecule has 0 unspecified atom stereocenters. The lowest BCUT2D eigenvalue weighted by Crippen LogP contribution is -2.03. The van der Waals surface area contributed by atoms with E-state index in [4.69, 9.17) is 0 Å². The summed E-state index contributed by atoms with van der Waals surface area (Å²) in [6, 6.07) is 6.01. The number of rotatable bonds is 4. The Morgan fingerprint density at radius 2 is 1.79 bits per heavy atom.